The molecule has 0 spiro atoms. The molecular weight excluding hydrogens is 502 g/mol. The summed E-state index contributed by atoms with van der Waals surface area (Å²) in [5, 5.41) is 10.9. The highest BCUT2D eigenvalue weighted by Crippen LogP contribution is 2.24. The van der Waals surface area contributed by atoms with Gasteiger partial charge >= 0.3 is 0 Å². The van der Waals surface area contributed by atoms with Gasteiger partial charge in [0.25, 0.3) is 5.56 Å². The summed E-state index contributed by atoms with van der Waals surface area (Å²) in [6.45, 7) is 7.91. The van der Waals surface area contributed by atoms with E-state index in [9.17, 15) is 4.79 Å². The van der Waals surface area contributed by atoms with Crippen LogP contribution in [-0.2, 0) is 17.6 Å². The number of benzene rings is 2. The quantitative estimate of drug-likeness (QED) is 0.205. The minimum atomic E-state index is -0.581. The minimum Gasteiger partial charge on any atom is -0.488 e. The number of aliphatic imine (C=N–C) groups is 1. The zero-order valence-electron chi connectivity index (χ0n) is 23.5. The second-order valence-corrected chi connectivity index (χ2v) is 9.86. The molecule has 2 heterocycles. The number of nitrogens with two attached hydrogens (primary N) is 1. The van der Waals surface area contributed by atoms with E-state index in [1.54, 1.807) is 23.2 Å². The van der Waals surface area contributed by atoms with Crippen molar-refractivity contribution in [2.24, 2.45) is 20.9 Å². The second-order valence-electron chi connectivity index (χ2n) is 9.86. The Morgan fingerprint density at radius 2 is 1.93 bits per heavy atom. The molecule has 3 N–H and O–H groups in total. The van der Waals surface area contributed by atoms with Crippen LogP contribution in [0.2, 0.25) is 0 Å². The van der Waals surface area contributed by atoms with Crippen LogP contribution in [0.4, 0.5) is 0 Å². The van der Waals surface area contributed by atoms with E-state index < -0.39 is 6.29 Å². The molecule has 1 unspecified atom stereocenters. The number of nitrogens with one attached hydrogen (secondary N) is 1. The number of rotatable bonds is 11. The summed E-state index contributed by atoms with van der Waals surface area (Å²) >= 11 is 0. The molecule has 0 saturated carbocycles. The van der Waals surface area contributed by atoms with Crippen LogP contribution >= 0.6 is 0 Å². The van der Waals surface area contributed by atoms with Crippen molar-refractivity contribution in [2.75, 3.05) is 0 Å². The molecule has 1 aliphatic rings. The molecule has 0 fully saturated rings. The van der Waals surface area contributed by atoms with Gasteiger partial charge in [0.1, 0.15) is 12.2 Å². The Morgan fingerprint density at radius 3 is 2.60 bits per heavy atom. The predicted molar refractivity (Wildman–Crippen MR) is 162 cm³/mol. The number of aryl methyl sites for hydroxylation is 2. The van der Waals surface area contributed by atoms with Gasteiger partial charge in [-0.3, -0.25) is 9.36 Å². The van der Waals surface area contributed by atoms with E-state index in [1.807, 2.05) is 45.0 Å². The van der Waals surface area contributed by atoms with Crippen LogP contribution in [0.25, 0.3) is 11.1 Å². The Hall–Kier alpha value is -4.53. The Kier molecular flexibility index (Phi) is 9.62. The van der Waals surface area contributed by atoms with Gasteiger partial charge in [-0.2, -0.15) is 5.10 Å². The summed E-state index contributed by atoms with van der Waals surface area (Å²) < 4.78 is 7.33. The van der Waals surface area contributed by atoms with E-state index in [1.165, 1.54) is 0 Å². The molecule has 40 heavy (non-hydrogen) atoms. The standard InChI is InChI=1S/C31H37N7O2/c1-5-6-11-29-28(30(39)38(22(4)37-29)31-33-18-26(19-34-31)40-21(2)3)16-23-12-14-24(15-13-23)27-10-8-7-9-25(27)17-35-36-20-32/h7-10,12-15,17-21,31,33H,5-6,11,16H2,1-4H3,(H2,32,36)/b35-17+. The highest BCUT2D eigenvalue weighted by Gasteiger charge is 2.21. The molecule has 4 rings (SSSR count). The van der Waals surface area contributed by atoms with Crippen LogP contribution in [0.15, 0.2) is 80.5 Å². The summed E-state index contributed by atoms with van der Waals surface area (Å²) in [5.41, 5.74) is 10.8. The van der Waals surface area contributed by atoms with Crippen molar-refractivity contribution in [3.05, 3.63) is 99.1 Å². The lowest BCUT2D eigenvalue weighted by atomic mass is 9.96. The van der Waals surface area contributed by atoms with Crippen LogP contribution in [0.5, 0.6) is 0 Å². The molecule has 9 heteroatoms. The van der Waals surface area contributed by atoms with Gasteiger partial charge in [-0.25, -0.2) is 9.98 Å². The van der Waals surface area contributed by atoms with E-state index in [4.69, 9.17) is 15.5 Å². The van der Waals surface area contributed by atoms with Crippen molar-refractivity contribution in [2.45, 2.75) is 65.8 Å². The van der Waals surface area contributed by atoms with Gasteiger partial charge < -0.3 is 15.8 Å². The zero-order valence-corrected chi connectivity index (χ0v) is 23.5. The highest BCUT2D eigenvalue weighted by molar-refractivity contribution is 5.90. The Bertz CT molecular complexity index is 1480. The first kappa shape index (κ1) is 28.5. The molecule has 3 aromatic rings. The number of ether oxygens (including phenoxy) is 1. The van der Waals surface area contributed by atoms with E-state index in [0.29, 0.717) is 23.6 Å². The van der Waals surface area contributed by atoms with E-state index in [2.05, 4.69) is 51.7 Å². The maximum absolute atomic E-state index is 13.9. The summed E-state index contributed by atoms with van der Waals surface area (Å²) in [4.78, 5) is 23.3. The fourth-order valence-electron chi connectivity index (χ4n) is 4.62. The third-order valence-corrected chi connectivity index (χ3v) is 6.51. The van der Waals surface area contributed by atoms with Gasteiger partial charge in [-0.05, 0) is 50.3 Å². The average Bonchev–Trinajstić information content (AvgIpc) is 2.95. The van der Waals surface area contributed by atoms with Crippen LogP contribution < -0.4 is 16.6 Å². The normalized spacial score (nSPS) is 15.1. The second kappa shape index (κ2) is 13.5. The number of allylic oxidation sites excluding steroid dienone is 1. The molecule has 0 amide bonds. The lowest BCUT2D eigenvalue weighted by Crippen LogP contribution is -2.37. The molecule has 1 aliphatic heterocycles. The average molecular weight is 540 g/mol. The molecular formula is C31H37N7O2. The smallest absolute Gasteiger partial charge is 0.260 e. The molecule has 0 aliphatic carbocycles. The van der Waals surface area contributed by atoms with Crippen molar-refractivity contribution in [3.63, 3.8) is 0 Å². The monoisotopic (exact) mass is 539 g/mol. The van der Waals surface area contributed by atoms with Crippen LogP contribution in [-0.4, -0.2) is 34.4 Å². The topological polar surface area (TPSA) is 119 Å². The summed E-state index contributed by atoms with van der Waals surface area (Å²) in [6.07, 6.45) is 8.92. The molecule has 2 aromatic carbocycles. The zero-order chi connectivity index (χ0) is 28.5. The number of unbranched alkanes of at least 4 members (excludes halogenated alkanes) is 1. The van der Waals surface area contributed by atoms with Crippen LogP contribution in [0.1, 0.15) is 68.1 Å². The Balaban J connectivity index is 1.64. The summed E-state index contributed by atoms with van der Waals surface area (Å²) in [7, 11) is 0. The van der Waals surface area contributed by atoms with Gasteiger partial charge in [0, 0.05) is 23.7 Å². The van der Waals surface area contributed by atoms with Crippen molar-refractivity contribution >= 4 is 18.8 Å². The molecule has 0 radical (unpaired) electrons. The summed E-state index contributed by atoms with van der Waals surface area (Å²) in [6, 6.07) is 16.2. The fraction of sp³-hybridized carbons (Fsp3) is 0.323. The molecule has 1 atom stereocenters. The van der Waals surface area contributed by atoms with Crippen molar-refractivity contribution in [1.29, 1.82) is 0 Å². The third kappa shape index (κ3) is 6.91. The lowest BCUT2D eigenvalue weighted by Gasteiger charge is -2.24. The fourth-order valence-corrected chi connectivity index (χ4v) is 4.62. The maximum Gasteiger partial charge on any atom is 0.260 e. The van der Waals surface area contributed by atoms with Gasteiger partial charge in [-0.1, -0.05) is 61.9 Å². The summed E-state index contributed by atoms with van der Waals surface area (Å²) in [5.74, 6) is 1.26. The first-order valence-electron chi connectivity index (χ1n) is 13.6. The molecule has 9 nitrogen and oxygen atoms in total. The molecule has 208 valence electrons. The molecule has 0 bridgehead atoms. The predicted octanol–water partition coefficient (Wildman–Crippen LogP) is 4.87. The lowest BCUT2D eigenvalue weighted by molar-refractivity contribution is 0.160. The largest absolute Gasteiger partial charge is 0.488 e. The number of hydrogen-bond acceptors (Lipinski definition) is 7. The van der Waals surface area contributed by atoms with Crippen molar-refractivity contribution in [3.8, 4) is 11.1 Å². The van der Waals surface area contributed by atoms with E-state index in [0.717, 1.165) is 53.5 Å². The van der Waals surface area contributed by atoms with Crippen LogP contribution in [0.3, 0.4) is 0 Å². The first-order chi connectivity index (χ1) is 19.4. The van der Waals surface area contributed by atoms with E-state index >= 15 is 0 Å². The van der Waals surface area contributed by atoms with Gasteiger partial charge in [0.2, 0.25) is 6.29 Å². The maximum atomic E-state index is 13.9. The van der Waals surface area contributed by atoms with Crippen molar-refractivity contribution in [1.82, 2.24) is 14.9 Å². The van der Waals surface area contributed by atoms with Gasteiger partial charge in [-0.15, -0.1) is 5.10 Å². The van der Waals surface area contributed by atoms with E-state index in [-0.39, 0.29) is 11.7 Å². The Labute approximate surface area is 235 Å². The molecule has 1 aromatic heterocycles. The highest BCUT2D eigenvalue weighted by atomic mass is 16.5. The SMILES string of the molecule is CCCCc1nc(C)n(C2N=CC(OC(C)C)=CN2)c(=O)c1Cc1ccc(-c2ccccc2/C=N/N=CN)cc1. The van der Waals surface area contributed by atoms with Gasteiger partial charge in [0.15, 0.2) is 5.76 Å². The minimum absolute atomic E-state index is 0.0324. The molecule has 0 saturated heterocycles. The first-order valence-corrected chi connectivity index (χ1v) is 13.6. The van der Waals surface area contributed by atoms with Crippen molar-refractivity contribution < 1.29 is 4.74 Å². The van der Waals surface area contributed by atoms with Gasteiger partial charge in [0.05, 0.1) is 24.2 Å². The Morgan fingerprint density at radius 1 is 1.15 bits per heavy atom. The number of aromatic nitrogens is 2. The number of nitrogens with zero attached hydrogens (tertiary/aromatic N) is 5. The number of hydrogen-bond donors (Lipinski definition) is 2. The third-order valence-electron chi connectivity index (χ3n) is 6.51. The van der Waals surface area contributed by atoms with Crippen LogP contribution in [0, 0.1) is 6.92 Å².